The van der Waals surface area contributed by atoms with Gasteiger partial charge in [0.25, 0.3) is 5.91 Å². The molecule has 0 bridgehead atoms. The van der Waals surface area contributed by atoms with Gasteiger partial charge in [0, 0.05) is 25.5 Å². The lowest BCUT2D eigenvalue weighted by atomic mass is 10.2. The quantitative estimate of drug-likeness (QED) is 0.874. The second kappa shape index (κ2) is 6.48. The zero-order chi connectivity index (χ0) is 15.4. The van der Waals surface area contributed by atoms with Crippen molar-refractivity contribution in [2.24, 2.45) is 0 Å². The molecule has 0 radical (unpaired) electrons. The monoisotopic (exact) mass is 299 g/mol. The van der Waals surface area contributed by atoms with Gasteiger partial charge in [0.15, 0.2) is 5.82 Å². The second-order valence-electron chi connectivity index (χ2n) is 5.05. The lowest BCUT2D eigenvalue weighted by Gasteiger charge is -2.11. The first-order valence-corrected chi connectivity index (χ1v) is 7.18. The van der Waals surface area contributed by atoms with Crippen molar-refractivity contribution in [1.29, 1.82) is 0 Å². The summed E-state index contributed by atoms with van der Waals surface area (Å²) in [6.45, 7) is 1.23. The number of anilines is 1. The molecule has 3 rings (SSSR count). The highest BCUT2D eigenvalue weighted by Gasteiger charge is 2.18. The van der Waals surface area contributed by atoms with E-state index in [1.54, 1.807) is 18.3 Å². The summed E-state index contributed by atoms with van der Waals surface area (Å²) in [7, 11) is 0. The topological polar surface area (TPSA) is 103 Å². The number of nitrogen functional groups attached to an aromatic ring is 1. The zero-order valence-electron chi connectivity index (χ0n) is 12.0. The van der Waals surface area contributed by atoms with Crippen LogP contribution >= 0.6 is 0 Å². The number of carbonyl (C=O) groups excluding carboxylic acids is 1. The zero-order valence-corrected chi connectivity index (χ0v) is 12.0. The van der Waals surface area contributed by atoms with Gasteiger partial charge in [-0.3, -0.25) is 9.78 Å². The molecule has 1 aliphatic heterocycles. The fourth-order valence-corrected chi connectivity index (χ4v) is 2.30. The molecule has 2 aromatic heterocycles. The number of carbonyl (C=O) groups is 1. The van der Waals surface area contributed by atoms with Gasteiger partial charge in [0.05, 0.1) is 11.7 Å². The van der Waals surface area contributed by atoms with Crippen molar-refractivity contribution in [2.75, 3.05) is 18.9 Å². The van der Waals surface area contributed by atoms with Crippen molar-refractivity contribution in [3.63, 3.8) is 0 Å². The number of nitrogens with zero attached hydrogens (tertiary/aromatic N) is 3. The van der Waals surface area contributed by atoms with E-state index in [1.807, 2.05) is 6.07 Å². The molecule has 1 unspecified atom stereocenters. The van der Waals surface area contributed by atoms with Gasteiger partial charge in [-0.15, -0.1) is 0 Å². The average Bonchev–Trinajstić information content (AvgIpc) is 3.07. The number of hydrogen-bond acceptors (Lipinski definition) is 6. The summed E-state index contributed by atoms with van der Waals surface area (Å²) in [4.78, 5) is 24.6. The van der Waals surface area contributed by atoms with Crippen LogP contribution in [0.2, 0.25) is 0 Å². The third-order valence-electron chi connectivity index (χ3n) is 3.47. The number of rotatable bonds is 4. The van der Waals surface area contributed by atoms with Crippen molar-refractivity contribution in [2.45, 2.75) is 18.9 Å². The Morgan fingerprint density at radius 1 is 1.41 bits per heavy atom. The van der Waals surface area contributed by atoms with Crippen LogP contribution in [0.3, 0.4) is 0 Å². The SMILES string of the molecule is Nc1nc(-c2ccccn2)ncc1C(=O)NCC1CCCO1. The smallest absolute Gasteiger partial charge is 0.256 e. The number of nitrogens with two attached hydrogens (primary N) is 1. The Bertz CT molecular complexity index is 656. The fourth-order valence-electron chi connectivity index (χ4n) is 2.30. The summed E-state index contributed by atoms with van der Waals surface area (Å²) in [6, 6.07) is 5.43. The van der Waals surface area contributed by atoms with Gasteiger partial charge in [-0.1, -0.05) is 6.07 Å². The van der Waals surface area contributed by atoms with Gasteiger partial charge in [-0.05, 0) is 25.0 Å². The molecule has 3 N–H and O–H groups in total. The third-order valence-corrected chi connectivity index (χ3v) is 3.47. The van der Waals surface area contributed by atoms with Gasteiger partial charge >= 0.3 is 0 Å². The summed E-state index contributed by atoms with van der Waals surface area (Å²) in [5.74, 6) is 0.245. The first-order chi connectivity index (χ1) is 10.7. The maximum Gasteiger partial charge on any atom is 0.256 e. The lowest BCUT2D eigenvalue weighted by Crippen LogP contribution is -2.32. The number of ether oxygens (including phenoxy) is 1. The van der Waals surface area contributed by atoms with E-state index in [0.29, 0.717) is 18.1 Å². The number of amides is 1. The molecule has 0 saturated carbocycles. The normalized spacial score (nSPS) is 17.4. The van der Waals surface area contributed by atoms with E-state index in [9.17, 15) is 4.79 Å². The molecule has 1 saturated heterocycles. The Balaban J connectivity index is 1.70. The van der Waals surface area contributed by atoms with E-state index >= 15 is 0 Å². The molecule has 1 amide bonds. The standard InChI is InChI=1S/C15H17N5O2/c16-13-11(15(21)19-8-10-4-3-7-22-10)9-18-14(20-13)12-5-1-2-6-17-12/h1-2,5-6,9-10H,3-4,7-8H2,(H,19,21)(H2,16,18,20). The Kier molecular flexibility index (Phi) is 4.24. The largest absolute Gasteiger partial charge is 0.383 e. The molecule has 0 spiro atoms. The highest BCUT2D eigenvalue weighted by molar-refractivity contribution is 5.98. The minimum Gasteiger partial charge on any atom is -0.383 e. The van der Waals surface area contributed by atoms with Crippen LogP contribution in [0.4, 0.5) is 5.82 Å². The molecular formula is C15H17N5O2. The van der Waals surface area contributed by atoms with Gasteiger partial charge in [0.2, 0.25) is 0 Å². The predicted octanol–water partition coefficient (Wildman–Crippen LogP) is 1.03. The maximum absolute atomic E-state index is 12.1. The van der Waals surface area contributed by atoms with Crippen molar-refractivity contribution in [3.8, 4) is 11.5 Å². The molecule has 1 atom stereocenters. The Morgan fingerprint density at radius 3 is 3.00 bits per heavy atom. The first-order valence-electron chi connectivity index (χ1n) is 7.18. The molecule has 1 fully saturated rings. The molecule has 7 heteroatoms. The predicted molar refractivity (Wildman–Crippen MR) is 81.0 cm³/mol. The van der Waals surface area contributed by atoms with Crippen molar-refractivity contribution in [3.05, 3.63) is 36.2 Å². The van der Waals surface area contributed by atoms with E-state index in [4.69, 9.17) is 10.5 Å². The Morgan fingerprint density at radius 2 is 2.32 bits per heavy atom. The number of pyridine rings is 1. The van der Waals surface area contributed by atoms with E-state index in [-0.39, 0.29) is 23.4 Å². The molecule has 1 aliphatic rings. The van der Waals surface area contributed by atoms with Gasteiger partial charge in [-0.25, -0.2) is 9.97 Å². The van der Waals surface area contributed by atoms with E-state index in [1.165, 1.54) is 6.20 Å². The van der Waals surface area contributed by atoms with Gasteiger partial charge in [-0.2, -0.15) is 0 Å². The minimum atomic E-state index is -0.291. The number of aromatic nitrogens is 3. The van der Waals surface area contributed by atoms with Crippen LogP contribution in [0, 0.1) is 0 Å². The lowest BCUT2D eigenvalue weighted by molar-refractivity contribution is 0.0858. The molecular weight excluding hydrogens is 282 g/mol. The van der Waals surface area contributed by atoms with Crippen LogP contribution in [-0.2, 0) is 4.74 Å². The first kappa shape index (κ1) is 14.4. The van der Waals surface area contributed by atoms with E-state index in [2.05, 4.69) is 20.3 Å². The van der Waals surface area contributed by atoms with Crippen LogP contribution in [0.15, 0.2) is 30.6 Å². The summed E-state index contributed by atoms with van der Waals surface area (Å²) in [6.07, 6.45) is 5.16. The Hall–Kier alpha value is -2.54. The van der Waals surface area contributed by atoms with Crippen LogP contribution in [0.5, 0.6) is 0 Å². The van der Waals surface area contributed by atoms with Crippen LogP contribution in [0.25, 0.3) is 11.5 Å². The maximum atomic E-state index is 12.1. The summed E-state index contributed by atoms with van der Waals surface area (Å²) < 4.78 is 5.46. The van der Waals surface area contributed by atoms with Crippen LogP contribution < -0.4 is 11.1 Å². The molecule has 114 valence electrons. The van der Waals surface area contributed by atoms with Crippen molar-refractivity contribution < 1.29 is 9.53 Å². The van der Waals surface area contributed by atoms with E-state index < -0.39 is 0 Å². The van der Waals surface area contributed by atoms with E-state index in [0.717, 1.165) is 19.4 Å². The highest BCUT2D eigenvalue weighted by atomic mass is 16.5. The fraction of sp³-hybridized carbons (Fsp3) is 0.333. The van der Waals surface area contributed by atoms with Crippen molar-refractivity contribution in [1.82, 2.24) is 20.3 Å². The summed E-state index contributed by atoms with van der Waals surface area (Å²) >= 11 is 0. The average molecular weight is 299 g/mol. The molecule has 2 aromatic rings. The number of nitrogens with one attached hydrogen (secondary N) is 1. The highest BCUT2D eigenvalue weighted by Crippen LogP contribution is 2.15. The van der Waals surface area contributed by atoms with Crippen LogP contribution in [-0.4, -0.2) is 40.1 Å². The molecule has 7 nitrogen and oxygen atoms in total. The molecule has 0 aliphatic carbocycles. The number of hydrogen-bond donors (Lipinski definition) is 2. The van der Waals surface area contributed by atoms with Gasteiger partial charge in [0.1, 0.15) is 11.5 Å². The Labute approximate surface area is 127 Å². The van der Waals surface area contributed by atoms with Crippen molar-refractivity contribution >= 4 is 11.7 Å². The molecule has 22 heavy (non-hydrogen) atoms. The summed E-state index contributed by atoms with van der Waals surface area (Å²) in [5, 5.41) is 2.80. The molecule has 0 aromatic carbocycles. The molecule has 3 heterocycles. The summed E-state index contributed by atoms with van der Waals surface area (Å²) in [5.41, 5.74) is 6.75. The van der Waals surface area contributed by atoms with Gasteiger partial charge < -0.3 is 15.8 Å². The third kappa shape index (κ3) is 3.20. The minimum absolute atomic E-state index is 0.0823. The van der Waals surface area contributed by atoms with Crippen LogP contribution in [0.1, 0.15) is 23.2 Å². The second-order valence-corrected chi connectivity index (χ2v) is 5.05.